The highest BCUT2D eigenvalue weighted by molar-refractivity contribution is 5.89. The van der Waals surface area contributed by atoms with Gasteiger partial charge in [0.2, 0.25) is 0 Å². The van der Waals surface area contributed by atoms with Crippen molar-refractivity contribution in [2.75, 3.05) is 19.0 Å². The maximum atomic E-state index is 11.3. The number of carbonyl (C=O) groups excluding carboxylic acids is 1. The van der Waals surface area contributed by atoms with Crippen molar-refractivity contribution in [3.05, 3.63) is 65.7 Å². The number of carbonyl (C=O) groups is 1. The van der Waals surface area contributed by atoms with E-state index in [-0.39, 0.29) is 5.97 Å². The lowest BCUT2D eigenvalue weighted by Gasteiger charge is -2.07. The van der Waals surface area contributed by atoms with E-state index in [1.165, 1.54) is 12.7 Å². The number of nitrogens with one attached hydrogen (secondary N) is 1. The summed E-state index contributed by atoms with van der Waals surface area (Å²) in [5.41, 5.74) is 2.95. The number of anilines is 1. The molecule has 0 saturated heterocycles. The summed E-state index contributed by atoms with van der Waals surface area (Å²) in [5, 5.41) is 3.35. The number of benzene rings is 2. The molecule has 0 bridgehead atoms. The lowest BCUT2D eigenvalue weighted by Crippen LogP contribution is -2.04. The molecular weight excluding hydrogens is 250 g/mol. The summed E-state index contributed by atoms with van der Waals surface area (Å²) in [4.78, 5) is 11.3. The fourth-order valence-corrected chi connectivity index (χ4v) is 2.01. The summed E-state index contributed by atoms with van der Waals surface area (Å²) in [5.74, 6) is -0.305. The third-order valence-corrected chi connectivity index (χ3v) is 3.12. The van der Waals surface area contributed by atoms with Crippen LogP contribution in [-0.2, 0) is 11.2 Å². The first kappa shape index (κ1) is 14.1. The fraction of sp³-hybridized carbons (Fsp3) is 0.235. The second kappa shape index (κ2) is 7.34. The average Bonchev–Trinajstić information content (AvgIpc) is 2.52. The molecule has 0 amide bonds. The van der Waals surface area contributed by atoms with Crippen LogP contribution in [0.1, 0.15) is 22.3 Å². The number of hydrogen-bond acceptors (Lipinski definition) is 3. The van der Waals surface area contributed by atoms with Crippen LogP contribution in [-0.4, -0.2) is 19.6 Å². The van der Waals surface area contributed by atoms with Gasteiger partial charge in [-0.2, -0.15) is 0 Å². The molecule has 0 heterocycles. The molecule has 20 heavy (non-hydrogen) atoms. The first-order chi connectivity index (χ1) is 9.79. The number of esters is 1. The Kier molecular flexibility index (Phi) is 5.18. The van der Waals surface area contributed by atoms with E-state index in [0.29, 0.717) is 5.56 Å². The number of methoxy groups -OCH3 is 1. The Morgan fingerprint density at radius 1 is 1.05 bits per heavy atom. The summed E-state index contributed by atoms with van der Waals surface area (Å²) in [7, 11) is 1.39. The van der Waals surface area contributed by atoms with Gasteiger partial charge in [0.05, 0.1) is 12.7 Å². The summed E-state index contributed by atoms with van der Waals surface area (Å²) in [6.45, 7) is 0.909. The van der Waals surface area contributed by atoms with Gasteiger partial charge in [-0.05, 0) is 42.7 Å². The standard InChI is InChI=1S/C17H19NO2/c1-20-17(19)15-9-11-16(12-10-15)18-13-5-8-14-6-3-2-4-7-14/h2-4,6-7,9-12,18H,5,8,13H2,1H3. The van der Waals surface area contributed by atoms with Crippen LogP contribution < -0.4 is 5.32 Å². The quantitative estimate of drug-likeness (QED) is 0.644. The van der Waals surface area contributed by atoms with Crippen LogP contribution in [0, 0.1) is 0 Å². The van der Waals surface area contributed by atoms with Crippen molar-refractivity contribution < 1.29 is 9.53 Å². The molecule has 0 radical (unpaired) electrons. The molecule has 0 saturated carbocycles. The highest BCUT2D eigenvalue weighted by Gasteiger charge is 2.03. The monoisotopic (exact) mass is 269 g/mol. The fourth-order valence-electron chi connectivity index (χ4n) is 2.01. The molecular formula is C17H19NO2. The molecule has 0 aliphatic heterocycles. The van der Waals surface area contributed by atoms with E-state index in [4.69, 9.17) is 0 Å². The summed E-state index contributed by atoms with van der Waals surface area (Å²) in [6, 6.07) is 17.8. The second-order valence-corrected chi connectivity index (χ2v) is 4.58. The van der Waals surface area contributed by atoms with E-state index in [0.717, 1.165) is 25.1 Å². The summed E-state index contributed by atoms with van der Waals surface area (Å²) >= 11 is 0. The molecule has 0 unspecified atom stereocenters. The van der Waals surface area contributed by atoms with Crippen LogP contribution in [0.2, 0.25) is 0 Å². The Morgan fingerprint density at radius 3 is 2.40 bits per heavy atom. The van der Waals surface area contributed by atoms with E-state index in [9.17, 15) is 4.79 Å². The minimum Gasteiger partial charge on any atom is -0.465 e. The Hall–Kier alpha value is -2.29. The van der Waals surface area contributed by atoms with E-state index in [1.54, 1.807) is 12.1 Å². The van der Waals surface area contributed by atoms with Gasteiger partial charge in [0.15, 0.2) is 0 Å². The maximum absolute atomic E-state index is 11.3. The van der Waals surface area contributed by atoms with Gasteiger partial charge in [0.1, 0.15) is 0 Å². The van der Waals surface area contributed by atoms with Crippen LogP contribution in [0.25, 0.3) is 0 Å². The van der Waals surface area contributed by atoms with Gasteiger partial charge in [-0.1, -0.05) is 30.3 Å². The van der Waals surface area contributed by atoms with E-state index < -0.39 is 0 Å². The summed E-state index contributed by atoms with van der Waals surface area (Å²) in [6.07, 6.45) is 2.14. The zero-order chi connectivity index (χ0) is 14.2. The molecule has 1 N–H and O–H groups in total. The lowest BCUT2D eigenvalue weighted by molar-refractivity contribution is 0.0601. The van der Waals surface area contributed by atoms with Gasteiger partial charge in [-0.3, -0.25) is 0 Å². The molecule has 2 rings (SSSR count). The lowest BCUT2D eigenvalue weighted by atomic mass is 10.1. The highest BCUT2D eigenvalue weighted by Crippen LogP contribution is 2.11. The van der Waals surface area contributed by atoms with E-state index in [1.807, 2.05) is 18.2 Å². The SMILES string of the molecule is COC(=O)c1ccc(NCCCc2ccccc2)cc1. The number of aryl methyl sites for hydroxylation is 1. The van der Waals surface area contributed by atoms with Gasteiger partial charge in [0, 0.05) is 12.2 Å². The van der Waals surface area contributed by atoms with Crippen molar-refractivity contribution in [2.45, 2.75) is 12.8 Å². The van der Waals surface area contributed by atoms with Crippen molar-refractivity contribution in [3.63, 3.8) is 0 Å². The number of ether oxygens (including phenoxy) is 1. The van der Waals surface area contributed by atoms with Crippen LogP contribution in [0.3, 0.4) is 0 Å². The van der Waals surface area contributed by atoms with Gasteiger partial charge in [0.25, 0.3) is 0 Å². The van der Waals surface area contributed by atoms with Gasteiger partial charge in [-0.15, -0.1) is 0 Å². The Labute approximate surface area is 119 Å². The Morgan fingerprint density at radius 2 is 1.75 bits per heavy atom. The predicted octanol–water partition coefficient (Wildman–Crippen LogP) is 3.52. The molecule has 2 aromatic carbocycles. The molecule has 3 nitrogen and oxygen atoms in total. The van der Waals surface area contributed by atoms with Crippen molar-refractivity contribution in [1.29, 1.82) is 0 Å². The Bertz CT molecular complexity index is 535. The van der Waals surface area contributed by atoms with Crippen LogP contribution in [0.15, 0.2) is 54.6 Å². The normalized spacial score (nSPS) is 10.1. The molecule has 2 aromatic rings. The number of rotatable bonds is 6. The molecule has 104 valence electrons. The van der Waals surface area contributed by atoms with Gasteiger partial charge in [-0.25, -0.2) is 4.79 Å². The van der Waals surface area contributed by atoms with Crippen LogP contribution >= 0.6 is 0 Å². The highest BCUT2D eigenvalue weighted by atomic mass is 16.5. The Balaban J connectivity index is 1.75. The third kappa shape index (κ3) is 4.12. The minimum atomic E-state index is -0.305. The van der Waals surface area contributed by atoms with Crippen molar-refractivity contribution in [1.82, 2.24) is 0 Å². The average molecular weight is 269 g/mol. The molecule has 0 fully saturated rings. The maximum Gasteiger partial charge on any atom is 0.337 e. The van der Waals surface area contributed by atoms with E-state index in [2.05, 4.69) is 34.3 Å². The first-order valence-corrected chi connectivity index (χ1v) is 6.76. The topological polar surface area (TPSA) is 38.3 Å². The molecule has 0 spiro atoms. The van der Waals surface area contributed by atoms with Crippen molar-refractivity contribution in [2.24, 2.45) is 0 Å². The molecule has 0 atom stereocenters. The van der Waals surface area contributed by atoms with Gasteiger partial charge < -0.3 is 10.1 Å². The minimum absolute atomic E-state index is 0.305. The summed E-state index contributed by atoms with van der Waals surface area (Å²) < 4.78 is 4.66. The third-order valence-electron chi connectivity index (χ3n) is 3.12. The number of hydrogen-bond donors (Lipinski definition) is 1. The van der Waals surface area contributed by atoms with Crippen molar-refractivity contribution in [3.8, 4) is 0 Å². The zero-order valence-electron chi connectivity index (χ0n) is 11.6. The second-order valence-electron chi connectivity index (χ2n) is 4.58. The van der Waals surface area contributed by atoms with Crippen molar-refractivity contribution >= 4 is 11.7 Å². The van der Waals surface area contributed by atoms with Gasteiger partial charge >= 0.3 is 5.97 Å². The van der Waals surface area contributed by atoms with Crippen LogP contribution in [0.5, 0.6) is 0 Å². The molecule has 3 heteroatoms. The molecule has 0 aliphatic rings. The largest absolute Gasteiger partial charge is 0.465 e. The smallest absolute Gasteiger partial charge is 0.337 e. The zero-order valence-corrected chi connectivity index (χ0v) is 11.6. The first-order valence-electron chi connectivity index (χ1n) is 6.76. The van der Waals surface area contributed by atoms with E-state index >= 15 is 0 Å². The van der Waals surface area contributed by atoms with Crippen LogP contribution in [0.4, 0.5) is 5.69 Å². The predicted molar refractivity (Wildman–Crippen MR) is 81.0 cm³/mol. The molecule has 0 aliphatic carbocycles. The molecule has 0 aromatic heterocycles.